The summed E-state index contributed by atoms with van der Waals surface area (Å²) in [7, 11) is 0. The number of rotatable bonds is 3. The van der Waals surface area contributed by atoms with Crippen LogP contribution in [0, 0.1) is 0 Å². The van der Waals surface area contributed by atoms with E-state index in [9.17, 15) is 0 Å². The summed E-state index contributed by atoms with van der Waals surface area (Å²) in [6.45, 7) is 4.35. The molecule has 0 N–H and O–H groups in total. The van der Waals surface area contributed by atoms with E-state index in [4.69, 9.17) is 16.0 Å². The molecule has 0 aliphatic heterocycles. The SMILES string of the molecule is CCC(C)n1c(-c2ccco2)nc2cc(Cl)ccc21. The maximum atomic E-state index is 6.05. The fourth-order valence-electron chi connectivity index (χ4n) is 2.28. The van der Waals surface area contributed by atoms with Gasteiger partial charge in [-0.3, -0.25) is 0 Å². The number of hydrogen-bond acceptors (Lipinski definition) is 2. The van der Waals surface area contributed by atoms with Crippen molar-refractivity contribution < 1.29 is 4.42 Å². The Morgan fingerprint density at radius 3 is 2.89 bits per heavy atom. The van der Waals surface area contributed by atoms with Crippen LogP contribution in [0.2, 0.25) is 5.02 Å². The van der Waals surface area contributed by atoms with Crippen LogP contribution in [0.15, 0.2) is 41.0 Å². The first-order valence-corrected chi connectivity index (χ1v) is 6.80. The Hall–Kier alpha value is -1.74. The second-order valence-electron chi connectivity index (χ2n) is 4.67. The average molecular weight is 275 g/mol. The van der Waals surface area contributed by atoms with Crippen LogP contribution >= 0.6 is 11.6 Å². The quantitative estimate of drug-likeness (QED) is 0.679. The fourth-order valence-corrected chi connectivity index (χ4v) is 2.45. The number of fused-ring (bicyclic) bond motifs is 1. The van der Waals surface area contributed by atoms with Gasteiger partial charge in [-0.25, -0.2) is 4.98 Å². The van der Waals surface area contributed by atoms with Gasteiger partial charge in [0.25, 0.3) is 0 Å². The molecule has 0 aliphatic carbocycles. The van der Waals surface area contributed by atoms with Crippen molar-refractivity contribution in [3.63, 3.8) is 0 Å². The highest BCUT2D eigenvalue weighted by molar-refractivity contribution is 6.31. The molecule has 0 aliphatic rings. The minimum Gasteiger partial charge on any atom is -0.461 e. The summed E-state index contributed by atoms with van der Waals surface area (Å²) in [6, 6.07) is 9.97. The minimum absolute atomic E-state index is 0.353. The predicted octanol–water partition coefficient (Wildman–Crippen LogP) is 4.92. The second kappa shape index (κ2) is 4.74. The lowest BCUT2D eigenvalue weighted by Crippen LogP contribution is -2.05. The van der Waals surface area contributed by atoms with Crippen molar-refractivity contribution in [1.29, 1.82) is 0 Å². The molecule has 0 saturated carbocycles. The van der Waals surface area contributed by atoms with Crippen molar-refractivity contribution in [1.82, 2.24) is 9.55 Å². The van der Waals surface area contributed by atoms with Gasteiger partial charge < -0.3 is 8.98 Å². The van der Waals surface area contributed by atoms with Crippen molar-refractivity contribution in [2.24, 2.45) is 0 Å². The molecule has 1 aromatic carbocycles. The van der Waals surface area contributed by atoms with E-state index in [1.807, 2.05) is 30.3 Å². The predicted molar refractivity (Wildman–Crippen MR) is 77.4 cm³/mol. The lowest BCUT2D eigenvalue weighted by molar-refractivity contribution is 0.527. The second-order valence-corrected chi connectivity index (χ2v) is 5.11. The molecule has 2 heterocycles. The normalized spacial score (nSPS) is 13.0. The van der Waals surface area contributed by atoms with E-state index in [-0.39, 0.29) is 0 Å². The number of hydrogen-bond donors (Lipinski definition) is 0. The number of nitrogens with zero attached hydrogens (tertiary/aromatic N) is 2. The first kappa shape index (κ1) is 12.3. The van der Waals surface area contributed by atoms with E-state index in [0.717, 1.165) is 29.0 Å². The molecule has 0 saturated heterocycles. The van der Waals surface area contributed by atoms with Crippen LogP contribution in [0.3, 0.4) is 0 Å². The highest BCUT2D eigenvalue weighted by atomic mass is 35.5. The Kier molecular flexibility index (Phi) is 3.07. The average Bonchev–Trinajstić information content (AvgIpc) is 3.03. The molecule has 3 nitrogen and oxygen atoms in total. The van der Waals surface area contributed by atoms with E-state index in [2.05, 4.69) is 23.4 Å². The van der Waals surface area contributed by atoms with Crippen molar-refractivity contribution in [2.45, 2.75) is 26.3 Å². The van der Waals surface area contributed by atoms with Crippen LogP contribution in [0.5, 0.6) is 0 Å². The van der Waals surface area contributed by atoms with Crippen molar-refractivity contribution >= 4 is 22.6 Å². The van der Waals surface area contributed by atoms with Gasteiger partial charge in [0.15, 0.2) is 11.6 Å². The van der Waals surface area contributed by atoms with Gasteiger partial charge in [-0.15, -0.1) is 0 Å². The monoisotopic (exact) mass is 274 g/mol. The first-order valence-electron chi connectivity index (χ1n) is 6.42. The van der Waals surface area contributed by atoms with E-state index in [1.165, 1.54) is 0 Å². The standard InChI is InChI=1S/C15H15ClN2O/c1-3-10(2)18-13-7-6-11(16)9-12(13)17-15(18)14-5-4-8-19-14/h4-10H,3H2,1-2H3. The molecule has 0 radical (unpaired) electrons. The molecule has 1 unspecified atom stereocenters. The van der Waals surface area contributed by atoms with Gasteiger partial charge in [0.05, 0.1) is 17.3 Å². The summed E-state index contributed by atoms with van der Waals surface area (Å²) < 4.78 is 7.71. The molecule has 3 aromatic rings. The van der Waals surface area contributed by atoms with Crippen molar-refractivity contribution in [3.8, 4) is 11.6 Å². The van der Waals surface area contributed by atoms with E-state index >= 15 is 0 Å². The molecule has 2 aromatic heterocycles. The summed E-state index contributed by atoms with van der Waals surface area (Å²) in [5, 5.41) is 0.701. The minimum atomic E-state index is 0.353. The summed E-state index contributed by atoms with van der Waals surface area (Å²) in [4.78, 5) is 4.67. The van der Waals surface area contributed by atoms with Gasteiger partial charge in [-0.2, -0.15) is 0 Å². The summed E-state index contributed by atoms with van der Waals surface area (Å²) >= 11 is 6.05. The Morgan fingerprint density at radius 1 is 1.37 bits per heavy atom. The van der Waals surface area contributed by atoms with Crippen LogP contribution in [-0.2, 0) is 0 Å². The highest BCUT2D eigenvalue weighted by Gasteiger charge is 2.18. The third-order valence-corrected chi connectivity index (χ3v) is 3.66. The smallest absolute Gasteiger partial charge is 0.177 e. The number of aromatic nitrogens is 2. The third-order valence-electron chi connectivity index (χ3n) is 3.42. The van der Waals surface area contributed by atoms with Gasteiger partial charge >= 0.3 is 0 Å². The van der Waals surface area contributed by atoms with Crippen LogP contribution < -0.4 is 0 Å². The zero-order valence-corrected chi connectivity index (χ0v) is 11.7. The zero-order chi connectivity index (χ0) is 13.4. The Bertz CT molecular complexity index is 700. The molecule has 0 spiro atoms. The van der Waals surface area contributed by atoms with Crippen molar-refractivity contribution in [2.75, 3.05) is 0 Å². The molecular weight excluding hydrogens is 260 g/mol. The van der Waals surface area contributed by atoms with Crippen LogP contribution in [-0.4, -0.2) is 9.55 Å². The van der Waals surface area contributed by atoms with Gasteiger partial charge in [0, 0.05) is 11.1 Å². The molecule has 0 fully saturated rings. The Balaban J connectivity index is 2.31. The number of furan rings is 1. The van der Waals surface area contributed by atoms with E-state index < -0.39 is 0 Å². The topological polar surface area (TPSA) is 31.0 Å². The molecule has 0 bridgehead atoms. The van der Waals surface area contributed by atoms with Gasteiger partial charge in [0.2, 0.25) is 0 Å². The maximum Gasteiger partial charge on any atom is 0.177 e. The molecule has 3 rings (SSSR count). The first-order chi connectivity index (χ1) is 9.20. The van der Waals surface area contributed by atoms with Crippen LogP contribution in [0.25, 0.3) is 22.6 Å². The lowest BCUT2D eigenvalue weighted by atomic mass is 10.2. The number of halogens is 1. The van der Waals surface area contributed by atoms with E-state index in [0.29, 0.717) is 11.1 Å². The molecule has 98 valence electrons. The number of imidazole rings is 1. The Labute approximate surface area is 116 Å². The van der Waals surface area contributed by atoms with Crippen LogP contribution in [0.4, 0.5) is 0 Å². The molecule has 1 atom stereocenters. The molecule has 19 heavy (non-hydrogen) atoms. The largest absolute Gasteiger partial charge is 0.461 e. The van der Waals surface area contributed by atoms with Crippen molar-refractivity contribution in [3.05, 3.63) is 41.6 Å². The summed E-state index contributed by atoms with van der Waals surface area (Å²) in [5.74, 6) is 1.64. The number of benzene rings is 1. The van der Waals surface area contributed by atoms with Gasteiger partial charge in [-0.05, 0) is 43.7 Å². The summed E-state index contributed by atoms with van der Waals surface area (Å²) in [6.07, 6.45) is 2.70. The Morgan fingerprint density at radius 2 is 2.21 bits per heavy atom. The van der Waals surface area contributed by atoms with Gasteiger partial charge in [0.1, 0.15) is 0 Å². The highest BCUT2D eigenvalue weighted by Crippen LogP contribution is 2.31. The summed E-state index contributed by atoms with van der Waals surface area (Å²) in [5.41, 5.74) is 1.99. The van der Waals surface area contributed by atoms with Gasteiger partial charge in [-0.1, -0.05) is 18.5 Å². The zero-order valence-electron chi connectivity index (χ0n) is 10.9. The maximum absolute atomic E-state index is 6.05. The third kappa shape index (κ3) is 2.04. The van der Waals surface area contributed by atoms with E-state index in [1.54, 1.807) is 6.26 Å². The fraction of sp³-hybridized carbons (Fsp3) is 0.267. The molecule has 0 amide bonds. The lowest BCUT2D eigenvalue weighted by Gasteiger charge is -2.14. The van der Waals surface area contributed by atoms with Crippen LogP contribution in [0.1, 0.15) is 26.3 Å². The molecule has 4 heteroatoms. The molecular formula is C15H15ClN2O.